The number of esters is 2. The smallest absolute Gasteiger partial charge is 0.333 e. The second-order valence-corrected chi connectivity index (χ2v) is 12.8. The summed E-state index contributed by atoms with van der Waals surface area (Å²) in [4.78, 5) is 23.0. The molecule has 0 amide bonds. The molecule has 0 spiro atoms. The van der Waals surface area contributed by atoms with Crippen molar-refractivity contribution >= 4 is 75.7 Å². The third-order valence-corrected chi connectivity index (χ3v) is 8.03. The molecular weight excluding hydrogens is 764 g/mol. The Balaban J connectivity index is 2.07. The Labute approximate surface area is 264 Å². The summed E-state index contributed by atoms with van der Waals surface area (Å²) in [5.41, 5.74) is 2.52. The Morgan fingerprint density at radius 3 is 1.26 bits per heavy atom. The summed E-state index contributed by atoms with van der Waals surface area (Å²) >= 11 is 14.6. The predicted molar refractivity (Wildman–Crippen MR) is 168 cm³/mol. The van der Waals surface area contributed by atoms with Gasteiger partial charge in [0.2, 0.25) is 0 Å². The topological polar surface area (TPSA) is 71.1 Å². The molecule has 0 radical (unpaired) electrons. The van der Waals surface area contributed by atoms with Crippen molar-refractivity contribution in [3.05, 3.63) is 77.6 Å². The summed E-state index contributed by atoms with van der Waals surface area (Å²) in [5, 5.41) is 0. The van der Waals surface area contributed by atoms with Crippen molar-refractivity contribution in [2.75, 3.05) is 26.4 Å². The van der Waals surface area contributed by atoms with Gasteiger partial charge in [-0.1, -0.05) is 27.0 Å². The standard InChI is InChI=1S/C29H32Br4O6/c1-17(2)27(34)38-11-7-9-36-25-21(30)13-19(14-22(25)31)29(5,6)20-15-23(32)26(24(33)16-20)37-10-8-12-39-28(35)18(3)4/h13-16H,1,3,7-12H2,2,4-6H3. The molecule has 0 atom stereocenters. The number of hydrogen-bond acceptors (Lipinski definition) is 6. The van der Waals surface area contributed by atoms with Crippen molar-refractivity contribution < 1.29 is 28.5 Å². The normalized spacial score (nSPS) is 11.1. The average molecular weight is 796 g/mol. The molecular formula is C29H32Br4O6. The highest BCUT2D eigenvalue weighted by atomic mass is 79.9. The highest BCUT2D eigenvalue weighted by molar-refractivity contribution is 9.11. The molecule has 2 rings (SSSR count). The van der Waals surface area contributed by atoms with E-state index < -0.39 is 11.9 Å². The van der Waals surface area contributed by atoms with Gasteiger partial charge in [-0.05, 0) is 113 Å². The van der Waals surface area contributed by atoms with Gasteiger partial charge in [0.15, 0.2) is 0 Å². The monoisotopic (exact) mass is 792 g/mol. The van der Waals surface area contributed by atoms with E-state index in [-0.39, 0.29) is 18.6 Å². The highest BCUT2D eigenvalue weighted by Crippen LogP contribution is 2.44. The van der Waals surface area contributed by atoms with Gasteiger partial charge in [-0.2, -0.15) is 0 Å². The Morgan fingerprint density at radius 1 is 0.667 bits per heavy atom. The maximum Gasteiger partial charge on any atom is 0.333 e. The number of hydrogen-bond donors (Lipinski definition) is 0. The molecule has 2 aromatic carbocycles. The molecule has 0 unspecified atom stereocenters. The van der Waals surface area contributed by atoms with E-state index in [9.17, 15) is 9.59 Å². The molecule has 0 aromatic heterocycles. The van der Waals surface area contributed by atoms with Gasteiger partial charge in [-0.15, -0.1) is 0 Å². The first-order chi connectivity index (χ1) is 18.2. The average Bonchev–Trinajstić information content (AvgIpc) is 2.85. The lowest BCUT2D eigenvalue weighted by molar-refractivity contribution is -0.140. The molecule has 0 fully saturated rings. The van der Waals surface area contributed by atoms with Crippen LogP contribution in [0.4, 0.5) is 0 Å². The van der Waals surface area contributed by atoms with Gasteiger partial charge in [0.1, 0.15) is 11.5 Å². The van der Waals surface area contributed by atoms with Crippen molar-refractivity contribution in [2.24, 2.45) is 0 Å². The molecule has 212 valence electrons. The fraction of sp³-hybridized carbons (Fsp3) is 0.379. The summed E-state index contributed by atoms with van der Waals surface area (Å²) in [6.45, 7) is 16.0. The zero-order chi connectivity index (χ0) is 29.3. The van der Waals surface area contributed by atoms with Gasteiger partial charge < -0.3 is 18.9 Å². The lowest BCUT2D eigenvalue weighted by Gasteiger charge is -2.28. The van der Waals surface area contributed by atoms with Crippen LogP contribution in [-0.4, -0.2) is 38.4 Å². The minimum atomic E-state index is -0.400. The second-order valence-electron chi connectivity index (χ2n) is 9.40. The maximum atomic E-state index is 11.5. The largest absolute Gasteiger partial charge is 0.491 e. The van der Waals surface area contributed by atoms with Crippen LogP contribution < -0.4 is 9.47 Å². The summed E-state index contributed by atoms with van der Waals surface area (Å²) < 4.78 is 25.4. The van der Waals surface area contributed by atoms with Crippen molar-refractivity contribution in [1.29, 1.82) is 0 Å². The first-order valence-electron chi connectivity index (χ1n) is 12.2. The zero-order valence-electron chi connectivity index (χ0n) is 22.4. The van der Waals surface area contributed by atoms with Crippen molar-refractivity contribution in [2.45, 2.75) is 46.0 Å². The fourth-order valence-corrected chi connectivity index (χ4v) is 6.16. The Morgan fingerprint density at radius 2 is 0.974 bits per heavy atom. The van der Waals surface area contributed by atoms with Gasteiger partial charge in [0, 0.05) is 29.4 Å². The van der Waals surface area contributed by atoms with Crippen LogP contribution in [0.25, 0.3) is 0 Å². The van der Waals surface area contributed by atoms with E-state index in [1.165, 1.54) is 0 Å². The quantitative estimate of drug-likeness (QED) is 0.108. The van der Waals surface area contributed by atoms with Gasteiger partial charge in [-0.3, -0.25) is 0 Å². The molecule has 39 heavy (non-hydrogen) atoms. The van der Waals surface area contributed by atoms with E-state index >= 15 is 0 Å². The third kappa shape index (κ3) is 9.76. The lowest BCUT2D eigenvalue weighted by atomic mass is 9.78. The molecule has 0 aliphatic rings. The van der Waals surface area contributed by atoms with E-state index in [0.717, 1.165) is 29.0 Å². The molecule has 10 heteroatoms. The van der Waals surface area contributed by atoms with Gasteiger partial charge >= 0.3 is 11.9 Å². The van der Waals surface area contributed by atoms with E-state index in [2.05, 4.69) is 90.7 Å². The van der Waals surface area contributed by atoms with Gasteiger partial charge in [-0.25, -0.2) is 9.59 Å². The van der Waals surface area contributed by atoms with E-state index in [0.29, 0.717) is 48.7 Å². The Kier molecular flexibility index (Phi) is 13.3. The summed E-state index contributed by atoms with van der Waals surface area (Å²) in [7, 11) is 0. The molecule has 6 nitrogen and oxygen atoms in total. The molecule has 0 saturated carbocycles. The molecule has 0 bridgehead atoms. The van der Waals surface area contributed by atoms with Crippen LogP contribution in [0.15, 0.2) is 66.5 Å². The number of carbonyl (C=O) groups is 2. The highest BCUT2D eigenvalue weighted by Gasteiger charge is 2.27. The summed E-state index contributed by atoms with van der Waals surface area (Å²) in [5.74, 6) is 0.563. The van der Waals surface area contributed by atoms with Crippen molar-refractivity contribution in [1.82, 2.24) is 0 Å². The Hall–Kier alpha value is -1.62. The number of halogens is 4. The summed E-state index contributed by atoms with van der Waals surface area (Å²) in [6.07, 6.45) is 1.11. The van der Waals surface area contributed by atoms with Crippen LogP contribution in [0.5, 0.6) is 11.5 Å². The van der Waals surface area contributed by atoms with Crippen molar-refractivity contribution in [3.8, 4) is 11.5 Å². The van der Waals surface area contributed by atoms with Crippen LogP contribution in [0.2, 0.25) is 0 Å². The van der Waals surface area contributed by atoms with E-state index in [4.69, 9.17) is 18.9 Å². The van der Waals surface area contributed by atoms with Crippen LogP contribution >= 0.6 is 63.7 Å². The first-order valence-corrected chi connectivity index (χ1v) is 15.3. The van der Waals surface area contributed by atoms with Gasteiger partial charge in [0.25, 0.3) is 0 Å². The minimum Gasteiger partial charge on any atom is -0.491 e. The van der Waals surface area contributed by atoms with Crippen LogP contribution in [0.1, 0.15) is 51.7 Å². The number of ether oxygens (including phenoxy) is 4. The maximum absolute atomic E-state index is 11.5. The van der Waals surface area contributed by atoms with Crippen molar-refractivity contribution in [3.63, 3.8) is 0 Å². The molecule has 0 aliphatic heterocycles. The molecule has 0 heterocycles. The predicted octanol–water partition coefficient (Wildman–Crippen LogP) is 8.84. The number of rotatable bonds is 14. The SMILES string of the molecule is C=C(C)C(=O)OCCCOc1c(Br)cc(C(C)(C)c2cc(Br)c(OCCCOC(=O)C(=C)C)c(Br)c2)cc1Br. The number of carbonyl (C=O) groups excluding carboxylic acids is 2. The lowest BCUT2D eigenvalue weighted by Crippen LogP contribution is -2.19. The zero-order valence-corrected chi connectivity index (χ0v) is 28.8. The van der Waals surface area contributed by atoms with Crippen LogP contribution in [0.3, 0.4) is 0 Å². The fourth-order valence-electron chi connectivity index (χ4n) is 3.33. The first kappa shape index (κ1) is 33.6. The van der Waals surface area contributed by atoms with Crippen LogP contribution in [0, 0.1) is 0 Å². The molecule has 2 aromatic rings. The third-order valence-electron chi connectivity index (χ3n) is 5.67. The Bertz CT molecular complexity index is 1100. The van der Waals surface area contributed by atoms with Gasteiger partial charge in [0.05, 0.1) is 44.3 Å². The second kappa shape index (κ2) is 15.4. The van der Waals surface area contributed by atoms with E-state index in [1.54, 1.807) is 13.8 Å². The molecule has 0 N–H and O–H groups in total. The van der Waals surface area contributed by atoms with Crippen LogP contribution in [-0.2, 0) is 24.5 Å². The summed E-state index contributed by atoms with van der Waals surface area (Å²) in [6, 6.07) is 8.17. The van der Waals surface area contributed by atoms with E-state index in [1.807, 2.05) is 24.3 Å². The minimum absolute atomic E-state index is 0.262. The molecule has 0 saturated heterocycles. The molecule has 0 aliphatic carbocycles. The number of benzene rings is 2.